The van der Waals surface area contributed by atoms with Crippen LogP contribution in [0.25, 0.3) is 0 Å². The number of nitrogens with zero attached hydrogens (tertiary/aromatic N) is 1. The molecule has 4 rings (SSSR count). The van der Waals surface area contributed by atoms with Crippen molar-refractivity contribution in [1.29, 1.82) is 0 Å². The molecule has 7 nitrogen and oxygen atoms in total. The number of carbonyl (C=O) groups excluding carboxylic acids is 2. The molecule has 196 valence electrons. The zero-order valence-electron chi connectivity index (χ0n) is 19.8. The highest BCUT2D eigenvalue weighted by Crippen LogP contribution is 2.25. The van der Waals surface area contributed by atoms with Crippen molar-refractivity contribution < 1.29 is 32.2 Å². The minimum atomic E-state index is -4.79. The molecule has 0 bridgehead atoms. The molecule has 0 saturated heterocycles. The van der Waals surface area contributed by atoms with Crippen molar-refractivity contribution in [3.8, 4) is 11.5 Å². The van der Waals surface area contributed by atoms with Crippen LogP contribution >= 0.6 is 11.3 Å². The Morgan fingerprint density at radius 1 is 0.868 bits per heavy atom. The Labute approximate surface area is 220 Å². The second kappa shape index (κ2) is 12.2. The van der Waals surface area contributed by atoms with E-state index in [0.29, 0.717) is 5.01 Å². The maximum atomic E-state index is 13.0. The van der Waals surface area contributed by atoms with E-state index in [0.717, 1.165) is 23.3 Å². The molecule has 2 N–H and O–H groups in total. The molecule has 0 aliphatic heterocycles. The summed E-state index contributed by atoms with van der Waals surface area (Å²) in [5.41, 5.74) is 2.09. The van der Waals surface area contributed by atoms with Gasteiger partial charge in [0.15, 0.2) is 6.61 Å². The first-order valence-electron chi connectivity index (χ1n) is 11.4. The summed E-state index contributed by atoms with van der Waals surface area (Å²) in [6, 6.07) is 23.5. The number of thiazole rings is 1. The second-order valence-corrected chi connectivity index (χ2v) is 8.88. The van der Waals surface area contributed by atoms with Crippen LogP contribution in [0.3, 0.4) is 0 Å². The van der Waals surface area contributed by atoms with Gasteiger partial charge >= 0.3 is 6.36 Å². The number of rotatable bonds is 10. The van der Waals surface area contributed by atoms with Gasteiger partial charge in [-0.05, 0) is 35.4 Å². The summed E-state index contributed by atoms with van der Waals surface area (Å²) in [4.78, 5) is 29.4. The van der Waals surface area contributed by atoms with Gasteiger partial charge in [0.25, 0.3) is 11.8 Å². The van der Waals surface area contributed by atoms with E-state index in [1.54, 1.807) is 5.38 Å². The summed E-state index contributed by atoms with van der Waals surface area (Å²) >= 11 is 1.23. The standard InChI is InChI=1S/C27H22F3N3O4S/c28-27(29,30)37-21-13-11-20(12-14-21)36-16-23(34)31-15-24-32-22(17-38-24)26(35)33-25(18-7-3-1-4-8-18)19-9-5-2-6-10-19/h1-14,17,25H,15-16H2,(H,31,34)(H,33,35). The molecule has 4 aromatic rings. The van der Waals surface area contributed by atoms with Crippen LogP contribution in [0.4, 0.5) is 13.2 Å². The number of halogens is 3. The van der Waals surface area contributed by atoms with E-state index >= 15 is 0 Å². The number of hydrogen-bond acceptors (Lipinski definition) is 6. The van der Waals surface area contributed by atoms with Crippen LogP contribution in [0.15, 0.2) is 90.3 Å². The van der Waals surface area contributed by atoms with Gasteiger partial charge in [0.2, 0.25) is 0 Å². The predicted octanol–water partition coefficient (Wildman–Crippen LogP) is 5.26. The number of nitrogens with one attached hydrogen (secondary N) is 2. The number of carbonyl (C=O) groups is 2. The van der Waals surface area contributed by atoms with E-state index in [1.165, 1.54) is 23.5 Å². The SMILES string of the molecule is O=C(COc1ccc(OC(F)(F)F)cc1)NCc1nc(C(=O)NC(c2ccccc2)c2ccccc2)cs1. The average molecular weight is 542 g/mol. The highest BCUT2D eigenvalue weighted by molar-refractivity contribution is 7.09. The van der Waals surface area contributed by atoms with Gasteiger partial charge in [-0.3, -0.25) is 9.59 Å². The molecule has 0 spiro atoms. The van der Waals surface area contributed by atoms with Gasteiger partial charge in [0, 0.05) is 5.38 Å². The lowest BCUT2D eigenvalue weighted by Crippen LogP contribution is -2.30. The van der Waals surface area contributed by atoms with Gasteiger partial charge in [0.05, 0.1) is 12.6 Å². The van der Waals surface area contributed by atoms with Crippen LogP contribution in [0.1, 0.15) is 32.7 Å². The molecular weight excluding hydrogens is 519 g/mol. The average Bonchev–Trinajstić information content (AvgIpc) is 3.39. The maximum absolute atomic E-state index is 13.0. The fraction of sp³-hybridized carbons (Fsp3) is 0.148. The van der Waals surface area contributed by atoms with Crippen molar-refractivity contribution in [3.63, 3.8) is 0 Å². The molecule has 0 atom stereocenters. The van der Waals surface area contributed by atoms with Crippen LogP contribution in [-0.4, -0.2) is 29.8 Å². The number of hydrogen-bond donors (Lipinski definition) is 2. The maximum Gasteiger partial charge on any atom is 0.573 e. The van der Waals surface area contributed by atoms with Crippen molar-refractivity contribution in [2.24, 2.45) is 0 Å². The third-order valence-corrected chi connectivity index (χ3v) is 6.04. The predicted molar refractivity (Wildman–Crippen MR) is 135 cm³/mol. The minimum Gasteiger partial charge on any atom is -0.484 e. The lowest BCUT2D eigenvalue weighted by atomic mass is 9.98. The number of alkyl halides is 3. The molecule has 1 heterocycles. The minimum absolute atomic E-state index is 0.0826. The van der Waals surface area contributed by atoms with Crippen LogP contribution in [-0.2, 0) is 11.3 Å². The van der Waals surface area contributed by atoms with Crippen molar-refractivity contribution in [2.45, 2.75) is 18.9 Å². The van der Waals surface area contributed by atoms with Gasteiger partial charge in [-0.1, -0.05) is 60.7 Å². The van der Waals surface area contributed by atoms with Crippen LogP contribution < -0.4 is 20.1 Å². The van der Waals surface area contributed by atoms with Crippen molar-refractivity contribution in [3.05, 3.63) is 112 Å². The van der Waals surface area contributed by atoms with Gasteiger partial charge in [-0.15, -0.1) is 24.5 Å². The number of ether oxygens (including phenoxy) is 2. The first kappa shape index (κ1) is 26.7. The quantitative estimate of drug-likeness (QED) is 0.286. The van der Waals surface area contributed by atoms with E-state index in [4.69, 9.17) is 4.74 Å². The molecule has 1 aromatic heterocycles. The molecule has 0 fully saturated rings. The number of benzene rings is 3. The Kier molecular flexibility index (Phi) is 8.59. The van der Waals surface area contributed by atoms with E-state index in [2.05, 4.69) is 20.4 Å². The third-order valence-electron chi connectivity index (χ3n) is 5.19. The fourth-order valence-corrected chi connectivity index (χ4v) is 4.18. The van der Waals surface area contributed by atoms with Crippen LogP contribution in [0.2, 0.25) is 0 Å². The highest BCUT2D eigenvalue weighted by Gasteiger charge is 2.31. The summed E-state index contributed by atoms with van der Waals surface area (Å²) < 4.78 is 45.8. The molecule has 2 amide bonds. The van der Waals surface area contributed by atoms with E-state index in [1.807, 2.05) is 60.7 Å². The first-order valence-corrected chi connectivity index (χ1v) is 12.3. The zero-order chi connectivity index (χ0) is 27.0. The van der Waals surface area contributed by atoms with E-state index in [9.17, 15) is 22.8 Å². The molecule has 11 heteroatoms. The van der Waals surface area contributed by atoms with Gasteiger partial charge in [-0.2, -0.15) is 0 Å². The molecule has 0 aliphatic rings. The monoisotopic (exact) mass is 541 g/mol. The lowest BCUT2D eigenvalue weighted by molar-refractivity contribution is -0.274. The summed E-state index contributed by atoms with van der Waals surface area (Å²) in [5, 5.41) is 7.80. The Balaban J connectivity index is 1.29. The lowest BCUT2D eigenvalue weighted by Gasteiger charge is -2.19. The topological polar surface area (TPSA) is 89.6 Å². The Morgan fingerprint density at radius 3 is 2.03 bits per heavy atom. The third kappa shape index (κ3) is 7.81. The number of aromatic nitrogens is 1. The Hall–Kier alpha value is -4.38. The molecule has 0 radical (unpaired) electrons. The normalized spacial score (nSPS) is 11.2. The van der Waals surface area contributed by atoms with Crippen molar-refractivity contribution in [1.82, 2.24) is 15.6 Å². The summed E-state index contributed by atoms with van der Waals surface area (Å²) in [5.74, 6) is -1.00. The largest absolute Gasteiger partial charge is 0.573 e. The van der Waals surface area contributed by atoms with Crippen molar-refractivity contribution in [2.75, 3.05) is 6.61 Å². The van der Waals surface area contributed by atoms with Gasteiger partial charge in [0.1, 0.15) is 22.2 Å². The van der Waals surface area contributed by atoms with Gasteiger partial charge in [-0.25, -0.2) is 4.98 Å². The molecule has 38 heavy (non-hydrogen) atoms. The van der Waals surface area contributed by atoms with Crippen LogP contribution in [0, 0.1) is 0 Å². The Bertz CT molecular complexity index is 1310. The fourth-order valence-electron chi connectivity index (χ4n) is 3.46. The summed E-state index contributed by atoms with van der Waals surface area (Å²) in [6.45, 7) is -0.271. The molecule has 0 saturated carbocycles. The Morgan fingerprint density at radius 2 is 1.45 bits per heavy atom. The van der Waals surface area contributed by atoms with Gasteiger partial charge < -0.3 is 20.1 Å². The molecular formula is C27H22F3N3O4S. The first-order chi connectivity index (χ1) is 18.3. The van der Waals surface area contributed by atoms with E-state index < -0.39 is 18.0 Å². The smallest absolute Gasteiger partial charge is 0.484 e. The molecule has 3 aromatic carbocycles. The second-order valence-electron chi connectivity index (χ2n) is 7.94. The van der Waals surface area contributed by atoms with E-state index in [-0.39, 0.29) is 36.5 Å². The summed E-state index contributed by atoms with van der Waals surface area (Å²) in [6.07, 6.45) is -4.79. The summed E-state index contributed by atoms with van der Waals surface area (Å²) in [7, 11) is 0. The zero-order valence-corrected chi connectivity index (χ0v) is 20.6. The van der Waals surface area contributed by atoms with Crippen LogP contribution in [0.5, 0.6) is 11.5 Å². The molecule has 0 unspecified atom stereocenters. The molecule has 0 aliphatic carbocycles. The number of amides is 2. The van der Waals surface area contributed by atoms with Crippen molar-refractivity contribution >= 4 is 23.2 Å². The highest BCUT2D eigenvalue weighted by atomic mass is 32.1.